The number of benzene rings is 3. The fourth-order valence-electron chi connectivity index (χ4n) is 4.14. The van der Waals surface area contributed by atoms with Crippen molar-refractivity contribution in [3.05, 3.63) is 70.3 Å². The molecule has 5 rings (SSSR count). The molecule has 4 heteroatoms. The molecule has 3 nitrogen and oxygen atoms in total. The maximum atomic E-state index is 12.5. The lowest BCUT2D eigenvalue weighted by Gasteiger charge is -2.06. The average Bonchev–Trinajstić information content (AvgIpc) is 3.23. The number of aryl methyl sites for hydroxylation is 4. The van der Waals surface area contributed by atoms with E-state index in [0.717, 1.165) is 34.2 Å². The topological polar surface area (TPSA) is 42.0 Å². The van der Waals surface area contributed by atoms with E-state index in [1.807, 2.05) is 6.07 Å². The molecule has 1 amide bonds. The quantitative estimate of drug-likeness (QED) is 0.527. The summed E-state index contributed by atoms with van der Waals surface area (Å²) in [6.07, 6.45) is 2.58. The number of carbonyl (C=O) groups excluding carboxylic acids is 1. The summed E-state index contributed by atoms with van der Waals surface area (Å²) in [6, 6.07) is 14.9. The Balaban J connectivity index is 1.46. The molecule has 0 radical (unpaired) electrons. The van der Waals surface area contributed by atoms with E-state index < -0.39 is 0 Å². The summed E-state index contributed by atoms with van der Waals surface area (Å²) in [5.74, 6) is -0.0154. The van der Waals surface area contributed by atoms with Gasteiger partial charge in [0.1, 0.15) is 0 Å². The fraction of sp³-hybridized carbons (Fsp3) is 0.217. The number of anilines is 1. The monoisotopic (exact) mass is 372 g/mol. The number of nitrogens with one attached hydrogen (secondary N) is 1. The molecule has 0 saturated carbocycles. The van der Waals surface area contributed by atoms with Crippen LogP contribution in [0.2, 0.25) is 0 Å². The molecular formula is C23H20N2OS. The summed E-state index contributed by atoms with van der Waals surface area (Å²) in [7, 11) is 0. The smallest absolute Gasteiger partial charge is 0.230 e. The zero-order valence-electron chi connectivity index (χ0n) is 15.4. The molecule has 3 aromatic carbocycles. The molecule has 4 aromatic rings. The van der Waals surface area contributed by atoms with Crippen LogP contribution in [-0.4, -0.2) is 10.9 Å². The summed E-state index contributed by atoms with van der Waals surface area (Å²) in [4.78, 5) is 17.3. The second-order valence-corrected chi connectivity index (χ2v) is 8.43. The molecule has 1 N–H and O–H groups in total. The molecule has 1 aliphatic carbocycles. The van der Waals surface area contributed by atoms with Gasteiger partial charge in [0, 0.05) is 5.39 Å². The van der Waals surface area contributed by atoms with Crippen molar-refractivity contribution in [2.75, 3.05) is 5.32 Å². The minimum Gasteiger partial charge on any atom is -0.302 e. The highest BCUT2D eigenvalue weighted by Gasteiger charge is 2.19. The SMILES string of the molecule is Cc1ccc(CC(=O)Nc2nc3c(cc4c5c(cccc53)CC4)s2)c(C)c1. The molecule has 0 atom stereocenters. The van der Waals surface area contributed by atoms with Gasteiger partial charge in [0.15, 0.2) is 5.13 Å². The molecule has 27 heavy (non-hydrogen) atoms. The molecule has 134 valence electrons. The highest BCUT2D eigenvalue weighted by atomic mass is 32.1. The number of thiazole rings is 1. The maximum Gasteiger partial charge on any atom is 0.230 e. The van der Waals surface area contributed by atoms with Gasteiger partial charge in [0.25, 0.3) is 0 Å². The third kappa shape index (κ3) is 2.81. The molecule has 0 spiro atoms. The number of hydrogen-bond acceptors (Lipinski definition) is 3. The third-order valence-corrected chi connectivity index (χ3v) is 6.36. The van der Waals surface area contributed by atoms with Crippen molar-refractivity contribution in [1.82, 2.24) is 4.98 Å². The van der Waals surface area contributed by atoms with Gasteiger partial charge in [-0.15, -0.1) is 0 Å². The van der Waals surface area contributed by atoms with E-state index in [1.165, 1.54) is 27.5 Å². The van der Waals surface area contributed by atoms with Gasteiger partial charge in [0.05, 0.1) is 16.6 Å². The normalized spacial score (nSPS) is 12.8. The van der Waals surface area contributed by atoms with Crippen LogP contribution in [0.25, 0.3) is 21.0 Å². The molecule has 0 bridgehead atoms. The van der Waals surface area contributed by atoms with Crippen LogP contribution in [0.4, 0.5) is 5.13 Å². The number of amides is 1. The predicted molar refractivity (Wildman–Crippen MR) is 113 cm³/mol. The van der Waals surface area contributed by atoms with Crippen molar-refractivity contribution in [3.8, 4) is 0 Å². The molecule has 0 aliphatic heterocycles. The van der Waals surface area contributed by atoms with Crippen LogP contribution >= 0.6 is 11.3 Å². The van der Waals surface area contributed by atoms with Crippen molar-refractivity contribution in [1.29, 1.82) is 0 Å². The van der Waals surface area contributed by atoms with Gasteiger partial charge in [0.2, 0.25) is 5.91 Å². The Labute approximate surface area is 162 Å². The third-order valence-electron chi connectivity index (χ3n) is 5.44. The zero-order valence-corrected chi connectivity index (χ0v) is 16.2. The molecule has 1 heterocycles. The van der Waals surface area contributed by atoms with Crippen molar-refractivity contribution in [3.63, 3.8) is 0 Å². The molecule has 1 aliphatic rings. The second kappa shape index (κ2) is 6.17. The van der Waals surface area contributed by atoms with E-state index in [1.54, 1.807) is 11.3 Å². The fourth-order valence-corrected chi connectivity index (χ4v) is 5.10. The van der Waals surface area contributed by atoms with Crippen molar-refractivity contribution in [2.24, 2.45) is 0 Å². The summed E-state index contributed by atoms with van der Waals surface area (Å²) in [5, 5.41) is 6.27. The van der Waals surface area contributed by atoms with Crippen LogP contribution in [0.15, 0.2) is 42.5 Å². The number of nitrogens with zero attached hydrogens (tertiary/aromatic N) is 1. The summed E-state index contributed by atoms with van der Waals surface area (Å²) < 4.78 is 1.15. The van der Waals surface area contributed by atoms with E-state index in [4.69, 9.17) is 4.98 Å². The van der Waals surface area contributed by atoms with Crippen LogP contribution in [0.3, 0.4) is 0 Å². The van der Waals surface area contributed by atoms with E-state index in [9.17, 15) is 4.79 Å². The first-order valence-electron chi connectivity index (χ1n) is 9.28. The second-order valence-electron chi connectivity index (χ2n) is 7.40. The van der Waals surface area contributed by atoms with Gasteiger partial charge in [-0.05, 0) is 60.4 Å². The molecule has 1 aromatic heterocycles. The molecule has 0 fully saturated rings. The molecule has 0 saturated heterocycles. The Morgan fingerprint density at radius 2 is 1.96 bits per heavy atom. The van der Waals surface area contributed by atoms with Gasteiger partial charge < -0.3 is 5.32 Å². The first-order valence-corrected chi connectivity index (χ1v) is 10.1. The number of rotatable bonds is 3. The Morgan fingerprint density at radius 1 is 1.11 bits per heavy atom. The summed E-state index contributed by atoms with van der Waals surface area (Å²) in [6.45, 7) is 4.12. The lowest BCUT2D eigenvalue weighted by molar-refractivity contribution is -0.115. The van der Waals surface area contributed by atoms with E-state index >= 15 is 0 Å². The highest BCUT2D eigenvalue weighted by molar-refractivity contribution is 7.22. The minimum absolute atomic E-state index is 0.0154. The minimum atomic E-state index is -0.0154. The predicted octanol–water partition coefficient (Wildman–Crippen LogP) is 5.35. The first-order chi connectivity index (χ1) is 13.1. The average molecular weight is 372 g/mol. The first kappa shape index (κ1) is 16.5. The Hall–Kier alpha value is -2.72. The van der Waals surface area contributed by atoms with Gasteiger partial charge in [-0.3, -0.25) is 4.79 Å². The van der Waals surface area contributed by atoms with Crippen LogP contribution in [0, 0.1) is 13.8 Å². The Bertz CT molecular complexity index is 1220. The van der Waals surface area contributed by atoms with Gasteiger partial charge in [-0.25, -0.2) is 4.98 Å². The lowest BCUT2D eigenvalue weighted by atomic mass is 10.0. The zero-order chi connectivity index (χ0) is 18.5. The van der Waals surface area contributed by atoms with Gasteiger partial charge in [-0.2, -0.15) is 0 Å². The van der Waals surface area contributed by atoms with Crippen LogP contribution in [0.1, 0.15) is 27.8 Å². The number of hydrogen-bond donors (Lipinski definition) is 1. The van der Waals surface area contributed by atoms with Crippen molar-refractivity contribution >= 4 is 43.4 Å². The Kier molecular flexibility index (Phi) is 3.76. The molecular weight excluding hydrogens is 352 g/mol. The van der Waals surface area contributed by atoms with Crippen molar-refractivity contribution < 1.29 is 4.79 Å². The number of fused-ring (bicyclic) bond motifs is 2. The number of aromatic nitrogens is 1. The standard InChI is InChI=1S/C23H20N2OS/c1-13-6-7-16(14(2)10-13)12-20(26)24-23-25-22-18-5-3-4-15-8-9-17(21(15)18)11-19(22)27-23/h3-7,10-11H,8-9,12H2,1-2H3,(H,24,25,26). The molecule has 0 unspecified atom stereocenters. The highest BCUT2D eigenvalue weighted by Crippen LogP contribution is 2.39. The van der Waals surface area contributed by atoms with Crippen LogP contribution in [0.5, 0.6) is 0 Å². The van der Waals surface area contributed by atoms with Crippen LogP contribution < -0.4 is 5.32 Å². The lowest BCUT2D eigenvalue weighted by Crippen LogP contribution is -2.14. The largest absolute Gasteiger partial charge is 0.302 e. The van der Waals surface area contributed by atoms with Crippen molar-refractivity contribution in [2.45, 2.75) is 33.1 Å². The summed E-state index contributed by atoms with van der Waals surface area (Å²) in [5.41, 5.74) is 7.25. The summed E-state index contributed by atoms with van der Waals surface area (Å²) >= 11 is 1.57. The van der Waals surface area contributed by atoms with E-state index in [-0.39, 0.29) is 5.91 Å². The van der Waals surface area contributed by atoms with E-state index in [0.29, 0.717) is 11.6 Å². The van der Waals surface area contributed by atoms with Gasteiger partial charge >= 0.3 is 0 Å². The maximum absolute atomic E-state index is 12.5. The van der Waals surface area contributed by atoms with Gasteiger partial charge in [-0.1, -0.05) is 53.3 Å². The number of carbonyl (C=O) groups is 1. The van der Waals surface area contributed by atoms with E-state index in [2.05, 4.69) is 55.6 Å². The Morgan fingerprint density at radius 3 is 2.81 bits per heavy atom. The van der Waals surface area contributed by atoms with Crippen LogP contribution in [-0.2, 0) is 24.1 Å².